The predicted molar refractivity (Wildman–Crippen MR) is 79.1 cm³/mol. The molecule has 0 saturated carbocycles. The zero-order valence-electron chi connectivity index (χ0n) is 11.3. The topological polar surface area (TPSA) is 9.23 Å². The summed E-state index contributed by atoms with van der Waals surface area (Å²) in [5.74, 6) is 0.994. The summed E-state index contributed by atoms with van der Waals surface area (Å²) in [5, 5.41) is 0. The zero-order valence-corrected chi connectivity index (χ0v) is 11.3. The number of benzene rings is 2. The van der Waals surface area contributed by atoms with E-state index in [-0.39, 0.29) is 0 Å². The first kappa shape index (κ1) is 12.8. The fourth-order valence-electron chi connectivity index (χ4n) is 1.93. The summed E-state index contributed by atoms with van der Waals surface area (Å²) in [4.78, 5) is 0. The second-order valence-corrected chi connectivity index (χ2v) is 4.97. The standard InChI is InChI=1S/C16H19BO/c1-13-8-10-14(11-9-13)12-18-16-7-5-4-6-15(16)17(2)3/h4-11H,12H2,1-3H3. The maximum absolute atomic E-state index is 5.92. The van der Waals surface area contributed by atoms with Gasteiger partial charge in [-0.2, -0.15) is 0 Å². The number of rotatable bonds is 4. The van der Waals surface area contributed by atoms with Gasteiger partial charge in [0, 0.05) is 0 Å². The maximum Gasteiger partial charge on any atom is 0.174 e. The molecule has 0 aliphatic carbocycles. The van der Waals surface area contributed by atoms with Crippen molar-refractivity contribution < 1.29 is 4.74 Å². The number of ether oxygens (including phenoxy) is 1. The molecule has 0 radical (unpaired) electrons. The number of para-hydroxylation sites is 1. The molecule has 2 aromatic carbocycles. The maximum atomic E-state index is 5.92. The van der Waals surface area contributed by atoms with Crippen LogP contribution in [-0.4, -0.2) is 6.71 Å². The highest BCUT2D eigenvalue weighted by molar-refractivity contribution is 6.71. The lowest BCUT2D eigenvalue weighted by atomic mass is 9.49. The summed E-state index contributed by atoms with van der Waals surface area (Å²) in [6.45, 7) is 7.59. The van der Waals surface area contributed by atoms with E-state index in [0.717, 1.165) is 5.75 Å². The Bertz CT molecular complexity index is 503. The molecule has 0 aliphatic heterocycles. The van der Waals surface area contributed by atoms with Gasteiger partial charge in [-0.3, -0.25) is 0 Å². The van der Waals surface area contributed by atoms with Gasteiger partial charge in [-0.1, -0.05) is 61.7 Å². The van der Waals surface area contributed by atoms with Crippen molar-refractivity contribution in [3.05, 3.63) is 59.7 Å². The van der Waals surface area contributed by atoms with Crippen LogP contribution in [0.15, 0.2) is 48.5 Å². The smallest absolute Gasteiger partial charge is 0.174 e. The van der Waals surface area contributed by atoms with Gasteiger partial charge in [0.15, 0.2) is 6.71 Å². The second kappa shape index (κ2) is 5.77. The number of hydrogen-bond donors (Lipinski definition) is 0. The Balaban J connectivity index is 2.08. The number of hydrogen-bond acceptors (Lipinski definition) is 1. The van der Waals surface area contributed by atoms with Crippen molar-refractivity contribution in [3.8, 4) is 5.75 Å². The normalized spacial score (nSPS) is 10.2. The second-order valence-electron chi connectivity index (χ2n) is 4.97. The van der Waals surface area contributed by atoms with E-state index in [1.54, 1.807) is 0 Å². The predicted octanol–water partition coefficient (Wildman–Crippen LogP) is 3.54. The molecule has 0 N–H and O–H groups in total. The average Bonchev–Trinajstić information content (AvgIpc) is 2.38. The van der Waals surface area contributed by atoms with Crippen LogP contribution in [0.1, 0.15) is 11.1 Å². The van der Waals surface area contributed by atoms with Crippen molar-refractivity contribution in [3.63, 3.8) is 0 Å². The summed E-state index contributed by atoms with van der Waals surface area (Å²) in [5.41, 5.74) is 3.75. The van der Waals surface area contributed by atoms with Crippen LogP contribution in [0, 0.1) is 6.92 Å². The van der Waals surface area contributed by atoms with Crippen LogP contribution < -0.4 is 10.2 Å². The molecule has 0 amide bonds. The summed E-state index contributed by atoms with van der Waals surface area (Å²) in [6, 6.07) is 16.7. The Labute approximate surface area is 110 Å². The monoisotopic (exact) mass is 238 g/mol. The van der Waals surface area contributed by atoms with Gasteiger partial charge in [0.2, 0.25) is 0 Å². The van der Waals surface area contributed by atoms with E-state index in [2.05, 4.69) is 57.0 Å². The largest absolute Gasteiger partial charge is 0.489 e. The lowest BCUT2D eigenvalue weighted by Gasteiger charge is -2.12. The SMILES string of the molecule is CB(C)c1ccccc1OCc1ccc(C)cc1. The van der Waals surface area contributed by atoms with Gasteiger partial charge < -0.3 is 4.74 Å². The first-order valence-electron chi connectivity index (χ1n) is 6.44. The molecule has 2 rings (SSSR count). The van der Waals surface area contributed by atoms with Crippen molar-refractivity contribution in [2.24, 2.45) is 0 Å². The van der Waals surface area contributed by atoms with Crippen molar-refractivity contribution in [1.29, 1.82) is 0 Å². The van der Waals surface area contributed by atoms with Crippen LogP contribution in [0.3, 0.4) is 0 Å². The van der Waals surface area contributed by atoms with E-state index in [1.165, 1.54) is 16.6 Å². The summed E-state index contributed by atoms with van der Waals surface area (Å²) >= 11 is 0. The minimum absolute atomic E-state index is 0.485. The van der Waals surface area contributed by atoms with Gasteiger partial charge in [-0.25, -0.2) is 0 Å². The van der Waals surface area contributed by atoms with Gasteiger partial charge in [-0.15, -0.1) is 0 Å². The molecule has 0 unspecified atom stereocenters. The van der Waals surface area contributed by atoms with Gasteiger partial charge in [0.25, 0.3) is 0 Å². The lowest BCUT2D eigenvalue weighted by molar-refractivity contribution is 0.308. The van der Waals surface area contributed by atoms with Crippen LogP contribution in [-0.2, 0) is 6.61 Å². The molecule has 1 nitrogen and oxygen atoms in total. The van der Waals surface area contributed by atoms with Crippen LogP contribution in [0.5, 0.6) is 5.75 Å². The van der Waals surface area contributed by atoms with Crippen molar-refractivity contribution in [2.75, 3.05) is 0 Å². The van der Waals surface area contributed by atoms with E-state index >= 15 is 0 Å². The molecule has 2 heteroatoms. The highest BCUT2D eigenvalue weighted by Crippen LogP contribution is 2.12. The Morgan fingerprint density at radius 3 is 2.28 bits per heavy atom. The van der Waals surface area contributed by atoms with E-state index in [0.29, 0.717) is 13.3 Å². The van der Waals surface area contributed by atoms with E-state index in [1.807, 2.05) is 12.1 Å². The molecule has 2 aromatic rings. The highest BCUT2D eigenvalue weighted by Gasteiger charge is 2.09. The van der Waals surface area contributed by atoms with Gasteiger partial charge in [-0.05, 0) is 24.0 Å². The first-order valence-corrected chi connectivity index (χ1v) is 6.44. The van der Waals surface area contributed by atoms with Crippen molar-refractivity contribution >= 4 is 12.2 Å². The number of aryl methyl sites for hydroxylation is 1. The molecular weight excluding hydrogens is 219 g/mol. The highest BCUT2D eigenvalue weighted by atomic mass is 16.5. The van der Waals surface area contributed by atoms with E-state index < -0.39 is 0 Å². The van der Waals surface area contributed by atoms with Crippen LogP contribution >= 0.6 is 0 Å². The molecule has 0 aliphatic rings. The Morgan fingerprint density at radius 1 is 0.944 bits per heavy atom. The molecule has 0 bridgehead atoms. The minimum atomic E-state index is 0.485. The fraction of sp³-hybridized carbons (Fsp3) is 0.250. The Morgan fingerprint density at radius 2 is 1.61 bits per heavy atom. The van der Waals surface area contributed by atoms with Crippen LogP contribution in [0.25, 0.3) is 0 Å². The molecule has 92 valence electrons. The van der Waals surface area contributed by atoms with Gasteiger partial charge >= 0.3 is 0 Å². The Kier molecular flexibility index (Phi) is 4.09. The Hall–Kier alpha value is -1.70. The summed E-state index contributed by atoms with van der Waals surface area (Å²) < 4.78 is 5.92. The van der Waals surface area contributed by atoms with Gasteiger partial charge in [0.05, 0.1) is 0 Å². The first-order chi connectivity index (χ1) is 8.66. The summed E-state index contributed by atoms with van der Waals surface area (Å²) in [6.07, 6.45) is 0. The molecule has 0 aromatic heterocycles. The molecule has 0 heterocycles. The van der Waals surface area contributed by atoms with E-state index in [9.17, 15) is 0 Å². The zero-order chi connectivity index (χ0) is 13.0. The van der Waals surface area contributed by atoms with Crippen molar-refractivity contribution in [1.82, 2.24) is 0 Å². The van der Waals surface area contributed by atoms with Crippen molar-refractivity contribution in [2.45, 2.75) is 27.2 Å². The third-order valence-corrected chi connectivity index (χ3v) is 3.06. The molecule has 0 atom stereocenters. The van der Waals surface area contributed by atoms with Crippen LogP contribution in [0.2, 0.25) is 13.6 Å². The fourth-order valence-corrected chi connectivity index (χ4v) is 1.93. The molecule has 0 spiro atoms. The van der Waals surface area contributed by atoms with E-state index in [4.69, 9.17) is 4.74 Å². The molecule has 0 saturated heterocycles. The molecule has 18 heavy (non-hydrogen) atoms. The summed E-state index contributed by atoms with van der Waals surface area (Å²) in [7, 11) is 0. The molecule has 0 fully saturated rings. The molecular formula is C16H19BO. The lowest BCUT2D eigenvalue weighted by Crippen LogP contribution is -2.24. The quantitative estimate of drug-likeness (QED) is 0.740. The third-order valence-electron chi connectivity index (χ3n) is 3.06. The minimum Gasteiger partial charge on any atom is -0.489 e. The van der Waals surface area contributed by atoms with Crippen LogP contribution in [0.4, 0.5) is 0 Å². The third kappa shape index (κ3) is 3.16. The van der Waals surface area contributed by atoms with Gasteiger partial charge in [0.1, 0.15) is 12.4 Å². The average molecular weight is 238 g/mol.